The fraction of sp³-hybridized carbons (Fsp3) is 0.395. The van der Waals surface area contributed by atoms with E-state index >= 15 is 0 Å². The lowest BCUT2D eigenvalue weighted by molar-refractivity contribution is -0.145. The molecule has 294 valence electrons. The molecule has 2 fully saturated rings. The number of benzene rings is 2. The first-order valence-electron chi connectivity index (χ1n) is 18.7. The molecule has 2 saturated heterocycles. The first-order chi connectivity index (χ1) is 27.0. The maximum absolute atomic E-state index is 13.6. The Morgan fingerprint density at radius 1 is 0.696 bits per heavy atom. The molecule has 0 spiro atoms. The van der Waals surface area contributed by atoms with Crippen molar-refractivity contribution in [3.63, 3.8) is 0 Å². The van der Waals surface area contributed by atoms with E-state index in [-0.39, 0.29) is 47.6 Å². The molecule has 2 atom stereocenters. The molecule has 2 aliphatic rings. The number of esters is 2. The van der Waals surface area contributed by atoms with Crippen molar-refractivity contribution in [3.05, 3.63) is 100 Å². The average molecular weight is 764 g/mol. The SMILES string of the molecule is COC(=O)[C@H]1CCN(Cc2cnc(C(=O)Cc3cccc(-c4cccc(NC(=O)c5cc(OC)c(CN6CC[C@H](C(=O)OC)C6)cn5)c4C)c3C)cc2OC)C1. The summed E-state index contributed by atoms with van der Waals surface area (Å²) in [6, 6.07) is 14.9. The first kappa shape index (κ1) is 40.0. The topological polar surface area (TPSA) is 149 Å². The number of Topliss-reactive ketones (excluding diaryl/α,β-unsaturated/α-hetero) is 1. The Bertz CT molecular complexity index is 1970. The summed E-state index contributed by atoms with van der Waals surface area (Å²) in [7, 11) is 5.95. The first-order valence-corrected chi connectivity index (χ1v) is 18.7. The van der Waals surface area contributed by atoms with Crippen LogP contribution in [0.5, 0.6) is 11.5 Å². The van der Waals surface area contributed by atoms with E-state index in [0.29, 0.717) is 49.1 Å². The van der Waals surface area contributed by atoms with Gasteiger partial charge in [-0.25, -0.2) is 0 Å². The molecule has 0 saturated carbocycles. The quantitative estimate of drug-likeness (QED) is 0.129. The molecule has 1 amide bonds. The maximum Gasteiger partial charge on any atom is 0.310 e. The number of amides is 1. The van der Waals surface area contributed by atoms with Crippen molar-refractivity contribution < 1.29 is 38.1 Å². The number of aromatic nitrogens is 2. The van der Waals surface area contributed by atoms with E-state index in [4.69, 9.17) is 18.9 Å². The van der Waals surface area contributed by atoms with Crippen molar-refractivity contribution in [1.82, 2.24) is 19.8 Å². The number of hydrogen-bond donors (Lipinski definition) is 1. The zero-order valence-corrected chi connectivity index (χ0v) is 32.8. The van der Waals surface area contributed by atoms with Gasteiger partial charge >= 0.3 is 11.9 Å². The van der Waals surface area contributed by atoms with Crippen LogP contribution in [0.3, 0.4) is 0 Å². The molecule has 0 radical (unpaired) electrons. The van der Waals surface area contributed by atoms with E-state index in [0.717, 1.165) is 64.9 Å². The molecule has 13 heteroatoms. The molecule has 13 nitrogen and oxygen atoms in total. The van der Waals surface area contributed by atoms with Crippen LogP contribution >= 0.6 is 0 Å². The number of nitrogens with zero attached hydrogens (tertiary/aromatic N) is 4. The van der Waals surface area contributed by atoms with Gasteiger partial charge in [0.1, 0.15) is 22.9 Å². The van der Waals surface area contributed by atoms with Gasteiger partial charge in [-0.3, -0.25) is 38.9 Å². The monoisotopic (exact) mass is 763 g/mol. The minimum absolute atomic E-state index is 0.139. The highest BCUT2D eigenvalue weighted by Gasteiger charge is 2.31. The molecule has 2 aromatic heterocycles. The number of carbonyl (C=O) groups is 4. The van der Waals surface area contributed by atoms with Crippen LogP contribution in [0.25, 0.3) is 11.1 Å². The van der Waals surface area contributed by atoms with E-state index in [2.05, 4.69) is 25.1 Å². The third kappa shape index (κ3) is 8.90. The zero-order chi connectivity index (χ0) is 39.9. The van der Waals surface area contributed by atoms with Crippen molar-refractivity contribution in [3.8, 4) is 22.6 Å². The van der Waals surface area contributed by atoms with Gasteiger partial charge in [-0.15, -0.1) is 0 Å². The lowest BCUT2D eigenvalue weighted by Gasteiger charge is -2.18. The molecule has 4 heterocycles. The highest BCUT2D eigenvalue weighted by molar-refractivity contribution is 6.04. The van der Waals surface area contributed by atoms with E-state index in [1.807, 2.05) is 50.2 Å². The van der Waals surface area contributed by atoms with Gasteiger partial charge in [-0.1, -0.05) is 30.3 Å². The van der Waals surface area contributed by atoms with E-state index in [1.54, 1.807) is 38.7 Å². The molecule has 2 aromatic carbocycles. The van der Waals surface area contributed by atoms with Crippen LogP contribution in [0.1, 0.15) is 61.6 Å². The van der Waals surface area contributed by atoms with Crippen molar-refractivity contribution >= 4 is 29.3 Å². The van der Waals surface area contributed by atoms with Crippen molar-refractivity contribution in [2.45, 2.75) is 46.2 Å². The van der Waals surface area contributed by atoms with Crippen LogP contribution in [0.2, 0.25) is 0 Å². The Labute approximate surface area is 327 Å². The number of hydrogen-bond acceptors (Lipinski definition) is 12. The van der Waals surface area contributed by atoms with Crippen LogP contribution in [0.4, 0.5) is 5.69 Å². The van der Waals surface area contributed by atoms with E-state index < -0.39 is 0 Å². The van der Waals surface area contributed by atoms with Gasteiger partial charge in [0.05, 0.1) is 40.3 Å². The van der Waals surface area contributed by atoms with Crippen LogP contribution in [-0.2, 0) is 38.6 Å². The van der Waals surface area contributed by atoms with Gasteiger partial charge in [0.15, 0.2) is 5.78 Å². The predicted octanol–water partition coefficient (Wildman–Crippen LogP) is 5.45. The number of ketones is 1. The van der Waals surface area contributed by atoms with Gasteiger partial charge in [-0.2, -0.15) is 0 Å². The summed E-state index contributed by atoms with van der Waals surface area (Å²) in [6.07, 6.45) is 4.94. The fourth-order valence-electron chi connectivity index (χ4n) is 7.66. The summed E-state index contributed by atoms with van der Waals surface area (Å²) in [6.45, 7) is 7.73. The van der Waals surface area contributed by atoms with Crippen LogP contribution < -0.4 is 14.8 Å². The Balaban J connectivity index is 1.13. The standard InChI is InChI=1S/C43H49N5O8/c1-26-28(17-38(49)36-18-39(53-3)31(20-44-36)24-47-15-13-29(22-47)42(51)55-5)9-7-10-33(26)34-11-8-12-35(27(34)2)46-41(50)37-19-40(54-4)32(21-45-37)25-48-16-14-30(23-48)43(52)56-6/h7-12,18-21,29-30H,13-17,22-25H2,1-6H3,(H,46,50)/t29-,30-/m0/s1. The molecule has 0 aliphatic carbocycles. The van der Waals surface area contributed by atoms with Crippen molar-refractivity contribution in [2.75, 3.05) is 59.9 Å². The molecule has 2 aliphatic heterocycles. The molecule has 1 N–H and O–H groups in total. The molecule has 56 heavy (non-hydrogen) atoms. The second-order valence-corrected chi connectivity index (χ2v) is 14.4. The van der Waals surface area contributed by atoms with Crippen molar-refractivity contribution in [1.29, 1.82) is 0 Å². The summed E-state index contributed by atoms with van der Waals surface area (Å²) in [5.74, 6) is -0.0991. The fourth-order valence-corrected chi connectivity index (χ4v) is 7.66. The summed E-state index contributed by atoms with van der Waals surface area (Å²) < 4.78 is 21.1. The molecule has 6 rings (SSSR count). The predicted molar refractivity (Wildman–Crippen MR) is 210 cm³/mol. The van der Waals surface area contributed by atoms with Crippen LogP contribution in [-0.4, -0.2) is 98.0 Å². The third-order valence-corrected chi connectivity index (χ3v) is 10.9. The van der Waals surface area contributed by atoms with Gasteiger partial charge in [-0.05, 0) is 73.7 Å². The van der Waals surface area contributed by atoms with Crippen molar-refractivity contribution in [2.24, 2.45) is 11.8 Å². The van der Waals surface area contributed by atoms with Gasteiger partial charge in [0, 0.05) is 73.9 Å². The van der Waals surface area contributed by atoms with Gasteiger partial charge in [0.25, 0.3) is 5.91 Å². The Hall–Kier alpha value is -5.66. The molecule has 4 aromatic rings. The minimum atomic E-state index is -0.377. The number of pyridine rings is 2. The summed E-state index contributed by atoms with van der Waals surface area (Å²) in [5.41, 5.74) is 7.37. The zero-order valence-electron chi connectivity index (χ0n) is 32.8. The third-order valence-electron chi connectivity index (χ3n) is 10.9. The normalized spacial score (nSPS) is 17.0. The number of anilines is 1. The lowest BCUT2D eigenvalue weighted by atomic mass is 9.91. The molecular weight excluding hydrogens is 715 g/mol. The second kappa shape index (κ2) is 17.9. The summed E-state index contributed by atoms with van der Waals surface area (Å²) >= 11 is 0. The smallest absolute Gasteiger partial charge is 0.310 e. The van der Waals surface area contributed by atoms with E-state index in [9.17, 15) is 19.2 Å². The van der Waals surface area contributed by atoms with Gasteiger partial charge < -0.3 is 24.3 Å². The number of nitrogens with one attached hydrogen (secondary N) is 1. The van der Waals surface area contributed by atoms with E-state index in [1.165, 1.54) is 14.2 Å². The maximum atomic E-state index is 13.6. The molecular formula is C43H49N5O8. The summed E-state index contributed by atoms with van der Waals surface area (Å²) in [4.78, 5) is 64.4. The minimum Gasteiger partial charge on any atom is -0.496 e. The average Bonchev–Trinajstić information content (AvgIpc) is 3.89. The number of carbonyl (C=O) groups excluding carboxylic acids is 4. The molecule has 0 unspecified atom stereocenters. The summed E-state index contributed by atoms with van der Waals surface area (Å²) in [5, 5.41) is 3.02. The second-order valence-electron chi connectivity index (χ2n) is 14.4. The number of ether oxygens (including phenoxy) is 4. The Kier molecular flexibility index (Phi) is 12.8. The number of methoxy groups -OCH3 is 4. The van der Waals surface area contributed by atoms with Gasteiger partial charge in [0.2, 0.25) is 0 Å². The van der Waals surface area contributed by atoms with Crippen LogP contribution in [0.15, 0.2) is 60.9 Å². The Morgan fingerprint density at radius 3 is 1.77 bits per heavy atom. The number of likely N-dealkylation sites (tertiary alicyclic amines) is 2. The largest absolute Gasteiger partial charge is 0.496 e. The highest BCUT2D eigenvalue weighted by Crippen LogP contribution is 2.34. The number of rotatable bonds is 14. The van der Waals surface area contributed by atoms with Crippen LogP contribution in [0, 0.1) is 25.7 Å². The highest BCUT2D eigenvalue weighted by atomic mass is 16.5. The Morgan fingerprint density at radius 2 is 1.21 bits per heavy atom. The molecule has 0 bridgehead atoms. The lowest BCUT2D eigenvalue weighted by Crippen LogP contribution is -2.24.